The molecule has 0 atom stereocenters. The molecule has 0 rings (SSSR count). The van der Waals surface area contributed by atoms with Crippen LogP contribution < -0.4 is 5.32 Å². The predicted molar refractivity (Wildman–Crippen MR) is 66.3 cm³/mol. The molecule has 0 aliphatic rings. The molecule has 92 valence electrons. The number of likely N-dealkylation sites (N-methyl/N-ethyl adjacent to an activating group) is 1. The number of nitrogens with one attached hydrogen (secondary N) is 1. The van der Waals surface area contributed by atoms with E-state index in [1.807, 2.05) is 0 Å². The quantitative estimate of drug-likeness (QED) is 0.592. The number of nitrogens with zero attached hydrogens (tertiary/aromatic N) is 1. The Kier molecular flexibility index (Phi) is 9.06. The van der Waals surface area contributed by atoms with E-state index >= 15 is 0 Å². The van der Waals surface area contributed by atoms with Crippen molar-refractivity contribution in [2.75, 3.05) is 39.9 Å². The molecule has 0 aromatic heterocycles. The summed E-state index contributed by atoms with van der Waals surface area (Å²) in [7, 11) is 2.15. The summed E-state index contributed by atoms with van der Waals surface area (Å²) >= 11 is 0. The van der Waals surface area contributed by atoms with Crippen LogP contribution in [0.5, 0.6) is 0 Å². The van der Waals surface area contributed by atoms with E-state index in [4.69, 9.17) is 4.74 Å². The second-order valence-corrected chi connectivity index (χ2v) is 4.88. The van der Waals surface area contributed by atoms with Crippen LogP contribution in [0.3, 0.4) is 0 Å². The Bertz CT molecular complexity index is 138. The molecule has 0 aliphatic carbocycles. The van der Waals surface area contributed by atoms with Crippen LogP contribution in [0.25, 0.3) is 0 Å². The highest BCUT2D eigenvalue weighted by Gasteiger charge is 2.00. The molecule has 0 radical (unpaired) electrons. The topological polar surface area (TPSA) is 24.5 Å². The van der Waals surface area contributed by atoms with E-state index in [9.17, 15) is 0 Å². The maximum Gasteiger partial charge on any atom is 0.0593 e. The normalized spacial score (nSPS) is 12.0. The lowest BCUT2D eigenvalue weighted by Crippen LogP contribution is -2.30. The lowest BCUT2D eigenvalue weighted by atomic mass is 10.2. The van der Waals surface area contributed by atoms with E-state index in [1.54, 1.807) is 0 Å². The van der Waals surface area contributed by atoms with Crippen LogP contribution in [0.2, 0.25) is 0 Å². The molecular formula is C12H28N2O. The zero-order valence-corrected chi connectivity index (χ0v) is 11.0. The SMILES string of the molecule is CC(C)CN(C)CCOCCNC(C)C. The molecule has 0 spiro atoms. The zero-order chi connectivity index (χ0) is 11.7. The Morgan fingerprint density at radius 1 is 1.13 bits per heavy atom. The van der Waals surface area contributed by atoms with Crippen LogP contribution in [-0.2, 0) is 4.74 Å². The van der Waals surface area contributed by atoms with Gasteiger partial charge < -0.3 is 15.0 Å². The number of hydrogen-bond donors (Lipinski definition) is 1. The Balaban J connectivity index is 3.16. The molecule has 15 heavy (non-hydrogen) atoms. The summed E-state index contributed by atoms with van der Waals surface area (Å²) in [5.74, 6) is 0.734. The van der Waals surface area contributed by atoms with E-state index in [2.05, 4.69) is 45.0 Å². The average molecular weight is 216 g/mol. The van der Waals surface area contributed by atoms with Gasteiger partial charge in [0.15, 0.2) is 0 Å². The molecule has 0 unspecified atom stereocenters. The monoisotopic (exact) mass is 216 g/mol. The molecule has 0 amide bonds. The van der Waals surface area contributed by atoms with E-state index < -0.39 is 0 Å². The van der Waals surface area contributed by atoms with E-state index in [0.717, 1.165) is 38.8 Å². The fourth-order valence-electron chi connectivity index (χ4n) is 1.46. The molecule has 0 aromatic carbocycles. The van der Waals surface area contributed by atoms with Gasteiger partial charge in [-0.25, -0.2) is 0 Å². The summed E-state index contributed by atoms with van der Waals surface area (Å²) < 4.78 is 5.53. The van der Waals surface area contributed by atoms with E-state index in [0.29, 0.717) is 6.04 Å². The van der Waals surface area contributed by atoms with Crippen molar-refractivity contribution in [1.29, 1.82) is 0 Å². The van der Waals surface area contributed by atoms with Gasteiger partial charge in [0, 0.05) is 25.7 Å². The summed E-state index contributed by atoms with van der Waals surface area (Å²) in [6.07, 6.45) is 0. The van der Waals surface area contributed by atoms with Crippen molar-refractivity contribution in [1.82, 2.24) is 10.2 Å². The largest absolute Gasteiger partial charge is 0.379 e. The van der Waals surface area contributed by atoms with Crippen LogP contribution in [0.1, 0.15) is 27.7 Å². The molecule has 0 saturated heterocycles. The van der Waals surface area contributed by atoms with Crippen molar-refractivity contribution < 1.29 is 4.74 Å². The van der Waals surface area contributed by atoms with Gasteiger partial charge in [-0.3, -0.25) is 0 Å². The zero-order valence-electron chi connectivity index (χ0n) is 11.0. The maximum atomic E-state index is 5.53. The van der Waals surface area contributed by atoms with E-state index in [-0.39, 0.29) is 0 Å². The second kappa shape index (κ2) is 9.13. The van der Waals surface area contributed by atoms with Gasteiger partial charge in [0.1, 0.15) is 0 Å². The molecular weight excluding hydrogens is 188 g/mol. The lowest BCUT2D eigenvalue weighted by Gasteiger charge is -2.18. The lowest BCUT2D eigenvalue weighted by molar-refractivity contribution is 0.109. The second-order valence-electron chi connectivity index (χ2n) is 4.88. The Morgan fingerprint density at radius 3 is 2.33 bits per heavy atom. The Morgan fingerprint density at radius 2 is 1.80 bits per heavy atom. The molecule has 0 saturated carbocycles. The number of ether oxygens (including phenoxy) is 1. The van der Waals surface area contributed by atoms with Crippen molar-refractivity contribution in [3.8, 4) is 0 Å². The summed E-state index contributed by atoms with van der Waals surface area (Å²) in [5, 5.41) is 3.33. The summed E-state index contributed by atoms with van der Waals surface area (Å²) in [4.78, 5) is 2.32. The molecule has 0 bridgehead atoms. The minimum Gasteiger partial charge on any atom is -0.379 e. The standard InChI is InChI=1S/C12H28N2O/c1-11(2)10-14(5)7-9-15-8-6-13-12(3)4/h11-13H,6-10H2,1-5H3. The fourth-order valence-corrected chi connectivity index (χ4v) is 1.46. The summed E-state index contributed by atoms with van der Waals surface area (Å²) in [6.45, 7) is 13.6. The van der Waals surface area contributed by atoms with Crippen molar-refractivity contribution in [3.63, 3.8) is 0 Å². The van der Waals surface area contributed by atoms with E-state index in [1.165, 1.54) is 0 Å². The van der Waals surface area contributed by atoms with Gasteiger partial charge in [0.25, 0.3) is 0 Å². The van der Waals surface area contributed by atoms with Gasteiger partial charge in [-0.2, -0.15) is 0 Å². The van der Waals surface area contributed by atoms with Gasteiger partial charge in [-0.05, 0) is 13.0 Å². The molecule has 1 N–H and O–H groups in total. The van der Waals surface area contributed by atoms with Gasteiger partial charge in [-0.15, -0.1) is 0 Å². The van der Waals surface area contributed by atoms with Crippen molar-refractivity contribution in [3.05, 3.63) is 0 Å². The smallest absolute Gasteiger partial charge is 0.0593 e. The Hall–Kier alpha value is -0.120. The first-order valence-corrected chi connectivity index (χ1v) is 6.02. The first-order valence-electron chi connectivity index (χ1n) is 6.02. The van der Waals surface area contributed by atoms with Crippen molar-refractivity contribution in [2.24, 2.45) is 5.92 Å². The molecule has 0 aromatic rings. The fraction of sp³-hybridized carbons (Fsp3) is 1.00. The highest BCUT2D eigenvalue weighted by atomic mass is 16.5. The molecule has 0 aliphatic heterocycles. The Labute approximate surface area is 95.2 Å². The first kappa shape index (κ1) is 14.9. The van der Waals surface area contributed by atoms with Gasteiger partial charge in [-0.1, -0.05) is 27.7 Å². The van der Waals surface area contributed by atoms with Crippen molar-refractivity contribution >= 4 is 0 Å². The minimum atomic E-state index is 0.553. The van der Waals surface area contributed by atoms with Gasteiger partial charge in [0.2, 0.25) is 0 Å². The third-order valence-corrected chi connectivity index (χ3v) is 2.09. The van der Waals surface area contributed by atoms with Gasteiger partial charge in [0.05, 0.1) is 13.2 Å². The first-order chi connectivity index (χ1) is 7.02. The van der Waals surface area contributed by atoms with Crippen LogP contribution in [-0.4, -0.2) is 50.8 Å². The average Bonchev–Trinajstić information content (AvgIpc) is 2.09. The van der Waals surface area contributed by atoms with Crippen LogP contribution in [0, 0.1) is 5.92 Å². The van der Waals surface area contributed by atoms with Crippen molar-refractivity contribution in [2.45, 2.75) is 33.7 Å². The molecule has 3 nitrogen and oxygen atoms in total. The summed E-state index contributed by atoms with van der Waals surface area (Å²) in [5.41, 5.74) is 0. The third kappa shape index (κ3) is 11.8. The molecule has 3 heteroatoms. The van der Waals surface area contributed by atoms with Crippen LogP contribution in [0.4, 0.5) is 0 Å². The van der Waals surface area contributed by atoms with Gasteiger partial charge >= 0.3 is 0 Å². The third-order valence-electron chi connectivity index (χ3n) is 2.09. The summed E-state index contributed by atoms with van der Waals surface area (Å²) in [6, 6.07) is 0.553. The molecule has 0 heterocycles. The highest BCUT2D eigenvalue weighted by molar-refractivity contribution is 4.54. The maximum absolute atomic E-state index is 5.53. The van der Waals surface area contributed by atoms with Crippen LogP contribution >= 0.6 is 0 Å². The predicted octanol–water partition coefficient (Wildman–Crippen LogP) is 1.59. The minimum absolute atomic E-state index is 0.553. The number of rotatable bonds is 9. The number of hydrogen-bond acceptors (Lipinski definition) is 3. The highest BCUT2D eigenvalue weighted by Crippen LogP contribution is 1.94. The molecule has 0 fully saturated rings. The van der Waals surface area contributed by atoms with Crippen LogP contribution in [0.15, 0.2) is 0 Å².